The topological polar surface area (TPSA) is 38.3 Å². The van der Waals surface area contributed by atoms with E-state index in [2.05, 4.69) is 28.4 Å². The molecule has 4 nitrogen and oxygen atoms in total. The predicted molar refractivity (Wildman–Crippen MR) is 103 cm³/mol. The van der Waals surface area contributed by atoms with Gasteiger partial charge in [0.25, 0.3) is 0 Å². The fraction of sp³-hybridized carbons (Fsp3) is 0.368. The van der Waals surface area contributed by atoms with Gasteiger partial charge in [-0.3, -0.25) is 0 Å². The minimum atomic E-state index is -0.0495. The molecule has 2 heterocycles. The molecule has 0 bridgehead atoms. The highest BCUT2D eigenvalue weighted by atomic mass is 35.5. The largest absolute Gasteiger partial charge is 0.470 e. The van der Waals surface area contributed by atoms with Gasteiger partial charge in [-0.25, -0.2) is 4.98 Å². The number of hydrogen-bond acceptors (Lipinski definition) is 4. The van der Waals surface area contributed by atoms with Gasteiger partial charge in [-0.2, -0.15) is 4.98 Å². The molecule has 0 fully saturated rings. The third-order valence-corrected chi connectivity index (χ3v) is 4.81. The molecule has 1 aromatic heterocycles. The fourth-order valence-electron chi connectivity index (χ4n) is 3.03. The maximum atomic E-state index is 6.39. The average molecular weight is 378 g/mol. The maximum Gasteiger partial charge on any atom is 0.222 e. The molecule has 3 rings (SSSR count). The number of benzene rings is 1. The van der Waals surface area contributed by atoms with Gasteiger partial charge in [0, 0.05) is 11.6 Å². The maximum absolute atomic E-state index is 6.39. The van der Waals surface area contributed by atoms with Crippen LogP contribution < -0.4 is 9.64 Å². The summed E-state index contributed by atoms with van der Waals surface area (Å²) < 4.78 is 6.15. The van der Waals surface area contributed by atoms with E-state index in [9.17, 15) is 0 Å². The lowest BCUT2D eigenvalue weighted by Gasteiger charge is -2.22. The zero-order chi connectivity index (χ0) is 18.1. The Morgan fingerprint density at radius 1 is 1.36 bits per heavy atom. The molecule has 0 saturated carbocycles. The van der Waals surface area contributed by atoms with Crippen LogP contribution in [0.25, 0.3) is 0 Å². The third kappa shape index (κ3) is 3.60. The first-order chi connectivity index (χ1) is 11.9. The second-order valence-electron chi connectivity index (χ2n) is 6.24. The van der Waals surface area contributed by atoms with Crippen LogP contribution >= 0.6 is 23.2 Å². The van der Waals surface area contributed by atoms with E-state index in [4.69, 9.17) is 27.9 Å². The Kier molecular flexibility index (Phi) is 5.21. The van der Waals surface area contributed by atoms with Crippen molar-refractivity contribution in [1.82, 2.24) is 9.97 Å². The lowest BCUT2D eigenvalue weighted by molar-refractivity contribution is 0.221. The summed E-state index contributed by atoms with van der Waals surface area (Å²) in [5.41, 5.74) is 2.89. The molecule has 2 aromatic rings. The molecular formula is C19H21Cl2N3O. The van der Waals surface area contributed by atoms with Crippen LogP contribution in [0.15, 0.2) is 30.4 Å². The van der Waals surface area contributed by atoms with Gasteiger partial charge >= 0.3 is 0 Å². The molecule has 132 valence electrons. The molecule has 0 amide bonds. The summed E-state index contributed by atoms with van der Waals surface area (Å²) in [5, 5.41) is 1.22. The summed E-state index contributed by atoms with van der Waals surface area (Å²) in [6.45, 7) is 10.7. The third-order valence-electron chi connectivity index (χ3n) is 4.28. The number of halogens is 2. The lowest BCUT2D eigenvalue weighted by atomic mass is 10.1. The highest BCUT2D eigenvalue weighted by Gasteiger charge is 2.29. The van der Waals surface area contributed by atoms with Gasteiger partial charge in [0.05, 0.1) is 16.3 Å². The summed E-state index contributed by atoms with van der Waals surface area (Å²) in [6.07, 6.45) is 1.60. The summed E-state index contributed by atoms with van der Waals surface area (Å²) in [4.78, 5) is 11.3. The van der Waals surface area contributed by atoms with Gasteiger partial charge in [0.15, 0.2) is 0 Å². The van der Waals surface area contributed by atoms with Crippen molar-refractivity contribution in [2.75, 3.05) is 11.4 Å². The molecule has 1 aliphatic rings. The van der Waals surface area contributed by atoms with Crippen molar-refractivity contribution in [3.63, 3.8) is 0 Å². The van der Waals surface area contributed by atoms with E-state index in [1.54, 1.807) is 6.07 Å². The van der Waals surface area contributed by atoms with Crippen LogP contribution in [0, 0.1) is 6.92 Å². The molecule has 1 aromatic carbocycles. The minimum Gasteiger partial charge on any atom is -0.470 e. The number of hydrogen-bond donors (Lipinski definition) is 0. The standard InChI is InChI=1S/C19H21Cl2N3O/c1-5-17(11(2)3)25-19-14-8-9-24(18(14)22-12(4)23-19)16-7-6-13(20)10-15(16)21/h6-7,10,17H,2,5,8-9H2,1,3-4H3. The van der Waals surface area contributed by atoms with E-state index in [0.29, 0.717) is 21.7 Å². The van der Waals surface area contributed by atoms with Crippen LogP contribution in [0.4, 0.5) is 11.5 Å². The van der Waals surface area contributed by atoms with Crippen molar-refractivity contribution < 1.29 is 4.74 Å². The van der Waals surface area contributed by atoms with E-state index >= 15 is 0 Å². The second kappa shape index (κ2) is 7.22. The molecule has 0 radical (unpaired) electrons. The van der Waals surface area contributed by atoms with E-state index in [1.807, 2.05) is 26.0 Å². The molecular weight excluding hydrogens is 357 g/mol. The Bertz CT molecular complexity index is 823. The highest BCUT2D eigenvalue weighted by molar-refractivity contribution is 6.36. The molecule has 0 N–H and O–H groups in total. The van der Waals surface area contributed by atoms with Gasteiger partial charge in [-0.05, 0) is 50.5 Å². The van der Waals surface area contributed by atoms with Crippen molar-refractivity contribution in [2.45, 2.75) is 39.7 Å². The van der Waals surface area contributed by atoms with Gasteiger partial charge in [-0.15, -0.1) is 0 Å². The first-order valence-electron chi connectivity index (χ1n) is 8.32. The van der Waals surface area contributed by atoms with Gasteiger partial charge in [0.2, 0.25) is 5.88 Å². The average Bonchev–Trinajstić information content (AvgIpc) is 2.95. The summed E-state index contributed by atoms with van der Waals surface area (Å²) in [6, 6.07) is 5.50. The predicted octanol–water partition coefficient (Wildman–Crippen LogP) is 5.52. The lowest BCUT2D eigenvalue weighted by Crippen LogP contribution is -2.18. The summed E-state index contributed by atoms with van der Waals surface area (Å²) in [7, 11) is 0. The SMILES string of the molecule is C=C(C)C(CC)Oc1nc(C)nc2c1CCN2c1ccc(Cl)cc1Cl. The Morgan fingerprint density at radius 2 is 2.12 bits per heavy atom. The summed E-state index contributed by atoms with van der Waals surface area (Å²) in [5.74, 6) is 2.16. The van der Waals surface area contributed by atoms with Crippen molar-refractivity contribution in [2.24, 2.45) is 0 Å². The molecule has 1 unspecified atom stereocenters. The number of rotatable bonds is 5. The van der Waals surface area contributed by atoms with Crippen LogP contribution in [0.1, 0.15) is 31.7 Å². The van der Waals surface area contributed by atoms with Gasteiger partial charge in [-0.1, -0.05) is 36.7 Å². The second-order valence-corrected chi connectivity index (χ2v) is 7.08. The van der Waals surface area contributed by atoms with Crippen molar-refractivity contribution in [3.05, 3.63) is 51.8 Å². The molecule has 0 spiro atoms. The molecule has 0 aliphatic carbocycles. The van der Waals surface area contributed by atoms with Gasteiger partial charge in [0.1, 0.15) is 17.7 Å². The van der Waals surface area contributed by atoms with Crippen molar-refractivity contribution in [1.29, 1.82) is 0 Å². The van der Waals surface area contributed by atoms with Crippen LogP contribution in [-0.2, 0) is 6.42 Å². The van der Waals surface area contributed by atoms with Crippen molar-refractivity contribution in [3.8, 4) is 5.88 Å². The quantitative estimate of drug-likeness (QED) is 0.642. The number of aryl methyl sites for hydroxylation is 1. The molecule has 0 saturated heterocycles. The van der Waals surface area contributed by atoms with Crippen LogP contribution in [0.3, 0.4) is 0 Å². The van der Waals surface area contributed by atoms with Crippen LogP contribution in [0.5, 0.6) is 5.88 Å². The molecule has 6 heteroatoms. The zero-order valence-electron chi connectivity index (χ0n) is 14.6. The smallest absolute Gasteiger partial charge is 0.222 e. The Labute approximate surface area is 158 Å². The Balaban J connectivity index is 2.01. The molecule has 1 aliphatic heterocycles. The van der Waals surface area contributed by atoms with E-state index < -0.39 is 0 Å². The van der Waals surface area contributed by atoms with Crippen molar-refractivity contribution >= 4 is 34.7 Å². The van der Waals surface area contributed by atoms with Crippen LogP contribution in [0.2, 0.25) is 10.0 Å². The Hall–Kier alpha value is -1.78. The Morgan fingerprint density at radius 3 is 2.76 bits per heavy atom. The van der Waals surface area contributed by atoms with E-state index in [0.717, 1.165) is 42.0 Å². The minimum absolute atomic E-state index is 0.0495. The summed E-state index contributed by atoms with van der Waals surface area (Å²) >= 11 is 12.4. The first kappa shape index (κ1) is 18.0. The van der Waals surface area contributed by atoms with E-state index in [1.165, 1.54) is 0 Å². The number of nitrogens with zero attached hydrogens (tertiary/aromatic N) is 3. The number of fused-ring (bicyclic) bond motifs is 1. The highest BCUT2D eigenvalue weighted by Crippen LogP contribution is 2.41. The number of aromatic nitrogens is 2. The molecule has 1 atom stereocenters. The number of anilines is 2. The normalized spacial score (nSPS) is 14.4. The zero-order valence-corrected chi connectivity index (χ0v) is 16.2. The van der Waals surface area contributed by atoms with Crippen LogP contribution in [-0.4, -0.2) is 22.6 Å². The number of ether oxygens (including phenoxy) is 1. The molecule has 25 heavy (non-hydrogen) atoms. The van der Waals surface area contributed by atoms with E-state index in [-0.39, 0.29) is 6.10 Å². The van der Waals surface area contributed by atoms with Gasteiger partial charge < -0.3 is 9.64 Å². The monoisotopic (exact) mass is 377 g/mol. The fourth-order valence-corrected chi connectivity index (χ4v) is 3.54. The first-order valence-corrected chi connectivity index (χ1v) is 9.08.